The van der Waals surface area contributed by atoms with Gasteiger partial charge in [0.05, 0.1) is 7.11 Å². The minimum atomic E-state index is -0.0538. The van der Waals surface area contributed by atoms with Gasteiger partial charge in [-0.1, -0.05) is 18.2 Å². The molecule has 0 aromatic heterocycles. The number of hydrogen-bond acceptors (Lipinski definition) is 3. The maximum absolute atomic E-state index is 12.0. The van der Waals surface area contributed by atoms with Crippen molar-refractivity contribution < 1.29 is 14.6 Å². The van der Waals surface area contributed by atoms with Crippen LogP contribution in [0.2, 0.25) is 0 Å². The number of hydrogen-bond donors (Lipinski definition) is 1. The molecule has 1 aromatic rings. The molecule has 19 heavy (non-hydrogen) atoms. The first-order valence-corrected chi connectivity index (χ1v) is 6.43. The van der Waals surface area contributed by atoms with Crippen molar-refractivity contribution >= 4 is 12.0 Å². The Morgan fingerprint density at radius 2 is 2.16 bits per heavy atom. The molecule has 104 valence electrons. The van der Waals surface area contributed by atoms with Gasteiger partial charge in [0.1, 0.15) is 5.75 Å². The van der Waals surface area contributed by atoms with Gasteiger partial charge < -0.3 is 14.7 Å². The minimum absolute atomic E-state index is 0.0538. The highest BCUT2D eigenvalue weighted by Gasteiger charge is 2.07. The summed E-state index contributed by atoms with van der Waals surface area (Å²) in [5.41, 5.74) is 0.872. The number of ether oxygens (including phenoxy) is 1. The Labute approximate surface area is 114 Å². The van der Waals surface area contributed by atoms with Crippen LogP contribution in [0.1, 0.15) is 18.9 Å². The van der Waals surface area contributed by atoms with Gasteiger partial charge in [0, 0.05) is 31.3 Å². The number of likely N-dealkylation sites (N-methyl/N-ethyl adjacent to an activating group) is 1. The molecule has 0 fully saturated rings. The fourth-order valence-electron chi connectivity index (χ4n) is 1.76. The molecule has 0 bridgehead atoms. The molecule has 0 radical (unpaired) electrons. The highest BCUT2D eigenvalue weighted by atomic mass is 16.5. The number of para-hydroxylation sites is 1. The zero-order valence-corrected chi connectivity index (χ0v) is 11.5. The van der Waals surface area contributed by atoms with Crippen LogP contribution in [-0.2, 0) is 4.79 Å². The average Bonchev–Trinajstić information content (AvgIpc) is 2.46. The lowest BCUT2D eigenvalue weighted by molar-refractivity contribution is -0.125. The van der Waals surface area contributed by atoms with Crippen LogP contribution >= 0.6 is 0 Å². The van der Waals surface area contributed by atoms with Gasteiger partial charge in [-0.3, -0.25) is 4.79 Å². The van der Waals surface area contributed by atoms with Gasteiger partial charge >= 0.3 is 0 Å². The first-order chi connectivity index (χ1) is 9.22. The van der Waals surface area contributed by atoms with E-state index in [0.29, 0.717) is 19.5 Å². The number of carbonyl (C=O) groups is 1. The first-order valence-electron chi connectivity index (χ1n) is 6.43. The molecule has 1 aromatic carbocycles. The zero-order valence-electron chi connectivity index (χ0n) is 11.5. The highest BCUT2D eigenvalue weighted by Crippen LogP contribution is 2.18. The number of methoxy groups -OCH3 is 1. The molecule has 1 rings (SSSR count). The van der Waals surface area contributed by atoms with Crippen molar-refractivity contribution in [2.75, 3.05) is 26.8 Å². The lowest BCUT2D eigenvalue weighted by Gasteiger charge is -2.18. The summed E-state index contributed by atoms with van der Waals surface area (Å²) in [7, 11) is 1.61. The third kappa shape index (κ3) is 4.75. The monoisotopic (exact) mass is 263 g/mol. The van der Waals surface area contributed by atoms with Crippen LogP contribution < -0.4 is 4.74 Å². The van der Waals surface area contributed by atoms with Crippen LogP contribution in [-0.4, -0.2) is 42.7 Å². The fourth-order valence-corrected chi connectivity index (χ4v) is 1.76. The second-order valence-corrected chi connectivity index (χ2v) is 4.07. The van der Waals surface area contributed by atoms with Gasteiger partial charge in [-0.2, -0.15) is 0 Å². The Morgan fingerprint density at radius 1 is 1.42 bits per heavy atom. The van der Waals surface area contributed by atoms with E-state index in [9.17, 15) is 4.79 Å². The third-order valence-corrected chi connectivity index (χ3v) is 2.82. The van der Waals surface area contributed by atoms with Crippen LogP contribution in [0.4, 0.5) is 0 Å². The van der Waals surface area contributed by atoms with Crippen LogP contribution in [0.15, 0.2) is 30.3 Å². The summed E-state index contributed by atoms with van der Waals surface area (Å²) in [4.78, 5) is 13.7. The largest absolute Gasteiger partial charge is 0.496 e. The van der Waals surface area contributed by atoms with E-state index in [0.717, 1.165) is 11.3 Å². The van der Waals surface area contributed by atoms with Crippen molar-refractivity contribution in [1.82, 2.24) is 4.90 Å². The van der Waals surface area contributed by atoms with Gasteiger partial charge in [-0.25, -0.2) is 0 Å². The first kappa shape index (κ1) is 15.2. The van der Waals surface area contributed by atoms with Crippen LogP contribution in [0.3, 0.4) is 0 Å². The Bertz CT molecular complexity index is 429. The maximum atomic E-state index is 12.0. The molecular formula is C15H21NO3. The summed E-state index contributed by atoms with van der Waals surface area (Å²) in [6.45, 7) is 3.23. The number of aliphatic hydroxyl groups excluding tert-OH is 1. The van der Waals surface area contributed by atoms with E-state index in [1.165, 1.54) is 0 Å². The third-order valence-electron chi connectivity index (χ3n) is 2.82. The minimum Gasteiger partial charge on any atom is -0.496 e. The molecule has 0 unspecified atom stereocenters. The molecule has 0 aliphatic heterocycles. The topological polar surface area (TPSA) is 49.8 Å². The fraction of sp³-hybridized carbons (Fsp3) is 0.400. The van der Waals surface area contributed by atoms with Crippen molar-refractivity contribution in [2.24, 2.45) is 0 Å². The predicted octanol–water partition coefficient (Wildman–Crippen LogP) is 1.94. The van der Waals surface area contributed by atoms with E-state index < -0.39 is 0 Å². The van der Waals surface area contributed by atoms with E-state index in [-0.39, 0.29) is 12.5 Å². The Morgan fingerprint density at radius 3 is 2.79 bits per heavy atom. The number of amides is 1. The molecule has 4 heteroatoms. The summed E-state index contributed by atoms with van der Waals surface area (Å²) >= 11 is 0. The molecule has 0 atom stereocenters. The Hall–Kier alpha value is -1.81. The normalized spacial score (nSPS) is 10.7. The van der Waals surface area contributed by atoms with E-state index in [4.69, 9.17) is 9.84 Å². The van der Waals surface area contributed by atoms with Gasteiger partial charge in [0.2, 0.25) is 5.91 Å². The lowest BCUT2D eigenvalue weighted by atomic mass is 10.2. The maximum Gasteiger partial charge on any atom is 0.246 e. The zero-order chi connectivity index (χ0) is 14.1. The van der Waals surface area contributed by atoms with Crippen molar-refractivity contribution in [1.29, 1.82) is 0 Å². The van der Waals surface area contributed by atoms with Crippen molar-refractivity contribution in [3.05, 3.63) is 35.9 Å². The van der Waals surface area contributed by atoms with Gasteiger partial charge in [0.25, 0.3) is 0 Å². The summed E-state index contributed by atoms with van der Waals surface area (Å²) in [6.07, 6.45) is 3.89. The Balaban J connectivity index is 2.71. The standard InChI is InChI=1S/C15H21NO3/c1-3-16(11-6-12-17)15(18)10-9-13-7-4-5-8-14(13)19-2/h4-5,7-10,17H,3,6,11-12H2,1-2H3/b10-9+. The van der Waals surface area contributed by atoms with E-state index in [2.05, 4.69) is 0 Å². The second kappa shape index (κ2) is 8.32. The summed E-state index contributed by atoms with van der Waals surface area (Å²) in [5.74, 6) is 0.687. The number of aliphatic hydroxyl groups is 1. The highest BCUT2D eigenvalue weighted by molar-refractivity contribution is 5.92. The lowest BCUT2D eigenvalue weighted by Crippen LogP contribution is -2.30. The van der Waals surface area contributed by atoms with Crippen LogP contribution in [0, 0.1) is 0 Å². The summed E-state index contributed by atoms with van der Waals surface area (Å²) in [6, 6.07) is 7.54. The number of carbonyl (C=O) groups excluding carboxylic acids is 1. The molecule has 0 saturated heterocycles. The van der Waals surface area contributed by atoms with Crippen molar-refractivity contribution in [3.8, 4) is 5.75 Å². The number of benzene rings is 1. The average molecular weight is 263 g/mol. The van der Waals surface area contributed by atoms with E-state index in [1.54, 1.807) is 24.2 Å². The van der Waals surface area contributed by atoms with E-state index in [1.807, 2.05) is 31.2 Å². The summed E-state index contributed by atoms with van der Waals surface area (Å²) in [5, 5.41) is 8.80. The van der Waals surface area contributed by atoms with Crippen molar-refractivity contribution in [2.45, 2.75) is 13.3 Å². The van der Waals surface area contributed by atoms with Gasteiger partial charge in [-0.15, -0.1) is 0 Å². The molecule has 0 heterocycles. The second-order valence-electron chi connectivity index (χ2n) is 4.07. The van der Waals surface area contributed by atoms with Gasteiger partial charge in [0.15, 0.2) is 0 Å². The predicted molar refractivity (Wildman–Crippen MR) is 76.0 cm³/mol. The molecular weight excluding hydrogens is 242 g/mol. The van der Waals surface area contributed by atoms with Crippen molar-refractivity contribution in [3.63, 3.8) is 0 Å². The molecule has 0 saturated carbocycles. The van der Waals surface area contributed by atoms with Crippen LogP contribution in [0.25, 0.3) is 6.08 Å². The van der Waals surface area contributed by atoms with Crippen LogP contribution in [0.5, 0.6) is 5.75 Å². The Kier molecular flexibility index (Phi) is 6.68. The smallest absolute Gasteiger partial charge is 0.246 e. The molecule has 0 aliphatic carbocycles. The molecule has 1 N–H and O–H groups in total. The van der Waals surface area contributed by atoms with E-state index >= 15 is 0 Å². The molecule has 0 spiro atoms. The molecule has 4 nitrogen and oxygen atoms in total. The SMILES string of the molecule is CCN(CCCO)C(=O)/C=C/c1ccccc1OC. The number of nitrogens with zero attached hydrogens (tertiary/aromatic N) is 1. The van der Waals surface area contributed by atoms with Gasteiger partial charge in [-0.05, 0) is 25.5 Å². The molecule has 0 aliphatic rings. The molecule has 1 amide bonds. The summed E-state index contributed by atoms with van der Waals surface area (Å²) < 4.78 is 5.22. The number of rotatable bonds is 7. The quantitative estimate of drug-likeness (QED) is 0.765.